The van der Waals surface area contributed by atoms with Gasteiger partial charge >= 0.3 is 11.9 Å². The average molecular weight is 442 g/mol. The highest BCUT2D eigenvalue weighted by molar-refractivity contribution is 6.31. The van der Waals surface area contributed by atoms with Crippen LogP contribution in [0, 0.1) is 5.82 Å². The van der Waals surface area contributed by atoms with Crippen LogP contribution >= 0.6 is 11.6 Å². The number of nitrogens with zero attached hydrogens (tertiary/aromatic N) is 3. The molecule has 158 valence electrons. The normalized spacial score (nSPS) is 14.7. The van der Waals surface area contributed by atoms with E-state index in [0.29, 0.717) is 22.0 Å². The summed E-state index contributed by atoms with van der Waals surface area (Å²) in [7, 11) is 0. The van der Waals surface area contributed by atoms with Crippen molar-refractivity contribution in [3.05, 3.63) is 81.9 Å². The molecule has 0 spiro atoms. The number of aliphatic imine (C=N–C) groups is 1. The van der Waals surface area contributed by atoms with E-state index in [1.165, 1.54) is 23.7 Å². The monoisotopic (exact) mass is 441 g/mol. The Kier molecular flexibility index (Phi) is 5.56. The Bertz CT molecular complexity index is 1220. The van der Waals surface area contributed by atoms with Gasteiger partial charge in [0.05, 0.1) is 18.0 Å². The fourth-order valence-corrected chi connectivity index (χ4v) is 3.49. The highest BCUT2D eigenvalue weighted by Crippen LogP contribution is 2.33. The van der Waals surface area contributed by atoms with Crippen LogP contribution in [0.1, 0.15) is 47.4 Å². The second-order valence-electron chi connectivity index (χ2n) is 6.67. The Morgan fingerprint density at radius 3 is 2.65 bits per heavy atom. The van der Waals surface area contributed by atoms with Crippen molar-refractivity contribution in [2.45, 2.75) is 20.1 Å². The predicted octanol–water partition coefficient (Wildman–Crippen LogP) is 4.25. The Labute approximate surface area is 182 Å². The van der Waals surface area contributed by atoms with E-state index >= 15 is 0 Å². The van der Waals surface area contributed by atoms with Crippen molar-refractivity contribution in [3.63, 3.8) is 0 Å². The molecule has 0 bridgehead atoms. The van der Waals surface area contributed by atoms with Gasteiger partial charge in [0.15, 0.2) is 5.69 Å². The number of fused-ring (bicyclic) bond motifs is 3. The first-order valence-electron chi connectivity index (χ1n) is 9.46. The molecule has 0 radical (unpaired) electrons. The number of carbonyl (C=O) groups excluding carboxylic acids is 2. The van der Waals surface area contributed by atoms with Gasteiger partial charge in [-0.3, -0.25) is 4.79 Å². The minimum Gasteiger partial charge on any atom is -0.461 e. The van der Waals surface area contributed by atoms with Gasteiger partial charge in [0.1, 0.15) is 11.5 Å². The molecular weight excluding hydrogens is 425 g/mol. The van der Waals surface area contributed by atoms with E-state index in [4.69, 9.17) is 21.1 Å². The van der Waals surface area contributed by atoms with E-state index in [1.807, 2.05) is 0 Å². The van der Waals surface area contributed by atoms with Crippen LogP contribution in [0.5, 0.6) is 0 Å². The fourth-order valence-electron chi connectivity index (χ4n) is 3.32. The molecule has 2 aromatic carbocycles. The number of halogens is 2. The summed E-state index contributed by atoms with van der Waals surface area (Å²) in [4.78, 5) is 28.6. The molecule has 9 heteroatoms. The van der Waals surface area contributed by atoms with Gasteiger partial charge in [-0.1, -0.05) is 23.7 Å². The summed E-state index contributed by atoms with van der Waals surface area (Å²) in [6.07, 6.45) is -1.17. The van der Waals surface area contributed by atoms with Crippen molar-refractivity contribution >= 4 is 29.3 Å². The van der Waals surface area contributed by atoms with Crippen molar-refractivity contribution in [2.75, 3.05) is 6.61 Å². The maximum atomic E-state index is 14.7. The number of carbonyl (C=O) groups is 2. The average Bonchev–Trinajstić information content (AvgIpc) is 3.13. The van der Waals surface area contributed by atoms with Crippen molar-refractivity contribution in [2.24, 2.45) is 4.99 Å². The first kappa shape index (κ1) is 20.7. The lowest BCUT2D eigenvalue weighted by atomic mass is 10.00. The van der Waals surface area contributed by atoms with Crippen molar-refractivity contribution in [3.8, 4) is 5.69 Å². The van der Waals surface area contributed by atoms with Crippen LogP contribution in [0.3, 0.4) is 0 Å². The van der Waals surface area contributed by atoms with Gasteiger partial charge in [-0.25, -0.2) is 18.9 Å². The molecule has 0 amide bonds. The van der Waals surface area contributed by atoms with Crippen LogP contribution in [0.15, 0.2) is 53.5 Å². The number of benzene rings is 2. The van der Waals surface area contributed by atoms with Gasteiger partial charge in [-0.15, -0.1) is 0 Å². The molecule has 0 saturated carbocycles. The van der Waals surface area contributed by atoms with Gasteiger partial charge in [0, 0.05) is 29.1 Å². The Balaban J connectivity index is 2.00. The third kappa shape index (κ3) is 3.94. The summed E-state index contributed by atoms with van der Waals surface area (Å²) in [6.45, 7) is 3.10. The third-order valence-corrected chi connectivity index (χ3v) is 4.80. The minimum absolute atomic E-state index is 0.0273. The van der Waals surface area contributed by atoms with E-state index in [-0.39, 0.29) is 23.6 Å². The van der Waals surface area contributed by atoms with Gasteiger partial charge in [-0.05, 0) is 37.3 Å². The molecule has 1 unspecified atom stereocenters. The summed E-state index contributed by atoms with van der Waals surface area (Å²) < 4.78 is 26.6. The molecule has 0 N–H and O–H groups in total. The van der Waals surface area contributed by atoms with Crippen LogP contribution in [-0.4, -0.2) is 34.0 Å². The number of ether oxygens (including phenoxy) is 2. The summed E-state index contributed by atoms with van der Waals surface area (Å²) in [5.74, 6) is -1.73. The summed E-state index contributed by atoms with van der Waals surface area (Å²) in [6, 6.07) is 12.5. The lowest BCUT2D eigenvalue weighted by molar-refractivity contribution is -0.146. The Hall–Kier alpha value is -3.52. The maximum Gasteiger partial charge on any atom is 0.358 e. The molecule has 1 aliphatic heterocycles. The number of aromatic nitrogens is 2. The van der Waals surface area contributed by atoms with Gasteiger partial charge in [0.2, 0.25) is 6.23 Å². The second-order valence-corrected chi connectivity index (χ2v) is 7.10. The molecule has 1 aliphatic rings. The van der Waals surface area contributed by atoms with Gasteiger partial charge in [-0.2, -0.15) is 5.10 Å². The van der Waals surface area contributed by atoms with E-state index in [1.54, 1.807) is 43.3 Å². The van der Waals surface area contributed by atoms with E-state index < -0.39 is 24.0 Å². The third-order valence-electron chi connectivity index (χ3n) is 4.57. The molecule has 4 rings (SSSR count). The van der Waals surface area contributed by atoms with Gasteiger partial charge < -0.3 is 9.47 Å². The van der Waals surface area contributed by atoms with E-state index in [0.717, 1.165) is 0 Å². The summed E-state index contributed by atoms with van der Waals surface area (Å²) in [5, 5.41) is 4.75. The van der Waals surface area contributed by atoms with Crippen LogP contribution in [0.4, 0.5) is 4.39 Å². The number of rotatable bonds is 4. The highest BCUT2D eigenvalue weighted by Gasteiger charge is 2.31. The SMILES string of the molecule is CCOC(=O)c1cc2n(n1)-c1ccc(Cl)cc1C(c1ccccc1F)=NC2OC(C)=O. The standard InChI is InChI=1S/C22H17ClFN3O4/c1-3-30-22(29)17-11-19-21(31-12(2)28)25-20(14-6-4-5-7-16(14)24)15-10-13(23)8-9-18(15)27(19)26-17/h4-11,21H,3H2,1-2H3. The lowest BCUT2D eigenvalue weighted by Crippen LogP contribution is -2.11. The van der Waals surface area contributed by atoms with Crippen molar-refractivity contribution < 1.29 is 23.5 Å². The van der Waals surface area contributed by atoms with Crippen molar-refractivity contribution in [1.82, 2.24) is 9.78 Å². The molecule has 0 saturated heterocycles. The zero-order chi connectivity index (χ0) is 22.1. The van der Waals surface area contributed by atoms with Crippen LogP contribution in [0.2, 0.25) is 5.02 Å². The number of hydrogen-bond acceptors (Lipinski definition) is 6. The number of hydrogen-bond donors (Lipinski definition) is 0. The van der Waals surface area contributed by atoms with E-state index in [9.17, 15) is 14.0 Å². The Morgan fingerprint density at radius 2 is 1.94 bits per heavy atom. The largest absolute Gasteiger partial charge is 0.461 e. The Morgan fingerprint density at radius 1 is 1.16 bits per heavy atom. The zero-order valence-electron chi connectivity index (χ0n) is 16.6. The molecule has 3 aromatic rings. The quantitative estimate of drug-likeness (QED) is 0.565. The molecule has 2 heterocycles. The van der Waals surface area contributed by atoms with Crippen LogP contribution in [-0.2, 0) is 14.3 Å². The van der Waals surface area contributed by atoms with Crippen LogP contribution in [0.25, 0.3) is 5.69 Å². The number of esters is 2. The molecule has 31 heavy (non-hydrogen) atoms. The highest BCUT2D eigenvalue weighted by atomic mass is 35.5. The topological polar surface area (TPSA) is 82.8 Å². The first-order valence-corrected chi connectivity index (χ1v) is 9.84. The maximum absolute atomic E-state index is 14.7. The second kappa shape index (κ2) is 8.31. The predicted molar refractivity (Wildman–Crippen MR) is 111 cm³/mol. The molecule has 0 fully saturated rings. The first-order chi connectivity index (χ1) is 14.9. The lowest BCUT2D eigenvalue weighted by Gasteiger charge is -2.13. The smallest absolute Gasteiger partial charge is 0.358 e. The fraction of sp³-hybridized carbons (Fsp3) is 0.182. The van der Waals surface area contributed by atoms with Gasteiger partial charge in [0.25, 0.3) is 0 Å². The van der Waals surface area contributed by atoms with Crippen LogP contribution < -0.4 is 0 Å². The van der Waals surface area contributed by atoms with Crippen molar-refractivity contribution in [1.29, 1.82) is 0 Å². The zero-order valence-corrected chi connectivity index (χ0v) is 17.4. The minimum atomic E-state index is -1.17. The molecule has 1 atom stereocenters. The van der Waals surface area contributed by atoms with E-state index in [2.05, 4.69) is 10.1 Å². The molecule has 1 aromatic heterocycles. The summed E-state index contributed by atoms with van der Waals surface area (Å²) in [5.41, 5.74) is 1.75. The molecular formula is C22H17ClFN3O4. The summed E-state index contributed by atoms with van der Waals surface area (Å²) >= 11 is 6.23. The molecule has 0 aliphatic carbocycles. The molecule has 7 nitrogen and oxygen atoms in total.